The van der Waals surface area contributed by atoms with Crippen LogP contribution < -0.4 is 5.32 Å². The number of halogens is 2. The van der Waals surface area contributed by atoms with Gasteiger partial charge in [-0.25, -0.2) is 4.98 Å². The van der Waals surface area contributed by atoms with Gasteiger partial charge < -0.3 is 15.0 Å². The van der Waals surface area contributed by atoms with Crippen molar-refractivity contribution in [1.82, 2.24) is 14.5 Å². The largest absolute Gasteiger partial charge is 0.393 e. The van der Waals surface area contributed by atoms with E-state index >= 15 is 0 Å². The van der Waals surface area contributed by atoms with Gasteiger partial charge in [-0.05, 0) is 48.0 Å². The molecular weight excluding hydrogens is 351 g/mol. The summed E-state index contributed by atoms with van der Waals surface area (Å²) in [6.45, 7) is 0.182. The van der Waals surface area contributed by atoms with Gasteiger partial charge >= 0.3 is 0 Å². The van der Waals surface area contributed by atoms with Crippen LogP contribution in [0.1, 0.15) is 38.1 Å². The number of nitrogens with one attached hydrogen (secondary N) is 1. The topological polar surface area (TPSA) is 63.0 Å². The van der Waals surface area contributed by atoms with Crippen molar-refractivity contribution in [3.8, 4) is 0 Å². The van der Waals surface area contributed by atoms with Gasteiger partial charge in [-0.3, -0.25) is 4.39 Å². The van der Waals surface area contributed by atoms with Crippen molar-refractivity contribution in [1.29, 1.82) is 0 Å². The molecule has 0 spiro atoms. The third-order valence-electron chi connectivity index (χ3n) is 4.18. The molecule has 2 aromatic rings. The summed E-state index contributed by atoms with van der Waals surface area (Å²) < 4.78 is 15.3. The van der Waals surface area contributed by atoms with Crippen LogP contribution in [0.4, 0.5) is 10.3 Å². The van der Waals surface area contributed by atoms with Gasteiger partial charge in [0.2, 0.25) is 5.95 Å². The van der Waals surface area contributed by atoms with E-state index in [2.05, 4.69) is 35.8 Å². The first-order valence-corrected chi connectivity index (χ1v) is 8.49. The monoisotopic (exact) mass is 370 g/mol. The summed E-state index contributed by atoms with van der Waals surface area (Å²) in [7, 11) is 0. The third kappa shape index (κ3) is 3.25. The Balaban J connectivity index is 1.87. The van der Waals surface area contributed by atoms with E-state index in [4.69, 9.17) is 0 Å². The Kier molecular flexibility index (Phi) is 4.93. The van der Waals surface area contributed by atoms with Crippen LogP contribution in [-0.4, -0.2) is 39.0 Å². The van der Waals surface area contributed by atoms with Crippen molar-refractivity contribution in [2.45, 2.75) is 44.2 Å². The maximum absolute atomic E-state index is 12.2. The number of nitrogens with zero attached hydrogens (tertiary/aromatic N) is 3. The second-order valence-electron chi connectivity index (χ2n) is 5.75. The lowest BCUT2D eigenvalue weighted by Crippen LogP contribution is -2.20. The second kappa shape index (κ2) is 6.91. The zero-order valence-corrected chi connectivity index (χ0v) is 13.9. The maximum atomic E-state index is 12.2. The number of aliphatic hydroxyl groups excluding tert-OH is 1. The Morgan fingerprint density at radius 3 is 2.86 bits per heavy atom. The Labute approximate surface area is 137 Å². The van der Waals surface area contributed by atoms with Gasteiger partial charge in [-0.1, -0.05) is 0 Å². The number of hydrogen-bond donors (Lipinski definition) is 2. The van der Waals surface area contributed by atoms with Crippen molar-refractivity contribution >= 4 is 32.9 Å². The number of alkyl halides is 1. The van der Waals surface area contributed by atoms with Crippen molar-refractivity contribution in [2.75, 3.05) is 18.5 Å². The number of aliphatic hydroxyl groups is 1. The zero-order valence-electron chi connectivity index (χ0n) is 12.3. The predicted octanol–water partition coefficient (Wildman–Crippen LogP) is 3.44. The van der Waals surface area contributed by atoms with Crippen molar-refractivity contribution in [2.24, 2.45) is 0 Å². The van der Waals surface area contributed by atoms with Gasteiger partial charge in [0.1, 0.15) is 5.65 Å². The van der Waals surface area contributed by atoms with Gasteiger partial charge in [-0.2, -0.15) is 4.98 Å². The molecular formula is C15H20BrFN4O. The number of rotatable bonds is 5. The number of fused-ring (bicyclic) bond motifs is 1. The molecule has 5 nitrogen and oxygen atoms in total. The predicted molar refractivity (Wildman–Crippen MR) is 87.8 cm³/mol. The average Bonchev–Trinajstić information content (AvgIpc) is 2.85. The lowest BCUT2D eigenvalue weighted by Gasteiger charge is -2.27. The van der Waals surface area contributed by atoms with Crippen LogP contribution >= 0.6 is 15.9 Å². The van der Waals surface area contributed by atoms with Gasteiger partial charge in [0.25, 0.3) is 0 Å². The van der Waals surface area contributed by atoms with Gasteiger partial charge in [0.05, 0.1) is 18.2 Å². The molecule has 2 aromatic heterocycles. The van der Waals surface area contributed by atoms with Crippen LogP contribution in [-0.2, 0) is 0 Å². The number of aromatic nitrogens is 3. The fourth-order valence-corrected chi connectivity index (χ4v) is 3.46. The van der Waals surface area contributed by atoms with Crippen LogP contribution in [0.5, 0.6) is 0 Å². The summed E-state index contributed by atoms with van der Waals surface area (Å²) in [6, 6.07) is 0.353. The smallest absolute Gasteiger partial charge is 0.224 e. The average molecular weight is 371 g/mol. The standard InChI is InChI=1S/C15H20BrFN4O/c16-13-9-21(10-2-4-11(22)5-3-10)14-12(13)8-19-15(20-14)18-7-1-6-17/h8-11,22H,1-7H2,(H,18,19,20). The van der Waals surface area contributed by atoms with Gasteiger partial charge in [0, 0.05) is 29.5 Å². The molecule has 3 rings (SSSR count). The van der Waals surface area contributed by atoms with E-state index < -0.39 is 0 Å². The Hall–Kier alpha value is -1.21. The summed E-state index contributed by atoms with van der Waals surface area (Å²) in [5.74, 6) is 0.531. The highest BCUT2D eigenvalue weighted by atomic mass is 79.9. The molecule has 2 heterocycles. The molecule has 7 heteroatoms. The normalized spacial score (nSPS) is 22.1. The molecule has 1 saturated carbocycles. The minimum absolute atomic E-state index is 0.172. The molecule has 0 aromatic carbocycles. The molecule has 0 amide bonds. The van der Waals surface area contributed by atoms with E-state index in [-0.39, 0.29) is 12.8 Å². The third-order valence-corrected chi connectivity index (χ3v) is 4.81. The Morgan fingerprint density at radius 2 is 2.14 bits per heavy atom. The van der Waals surface area contributed by atoms with E-state index in [1.165, 1.54) is 0 Å². The molecule has 120 valence electrons. The molecule has 22 heavy (non-hydrogen) atoms. The molecule has 0 radical (unpaired) electrons. The molecule has 0 unspecified atom stereocenters. The highest BCUT2D eigenvalue weighted by Gasteiger charge is 2.23. The lowest BCUT2D eigenvalue weighted by atomic mass is 9.93. The molecule has 0 bridgehead atoms. The second-order valence-corrected chi connectivity index (χ2v) is 6.60. The van der Waals surface area contributed by atoms with Crippen molar-refractivity contribution in [3.05, 3.63) is 16.9 Å². The Morgan fingerprint density at radius 1 is 1.36 bits per heavy atom. The van der Waals surface area contributed by atoms with E-state index in [9.17, 15) is 9.50 Å². The SMILES string of the molecule is OC1CCC(n2cc(Br)c3cnc(NCCCF)nc32)CC1. The molecule has 1 aliphatic rings. The number of anilines is 1. The van der Waals surface area contributed by atoms with E-state index in [1.807, 2.05) is 6.20 Å². The van der Waals surface area contributed by atoms with Crippen LogP contribution in [0.25, 0.3) is 11.0 Å². The van der Waals surface area contributed by atoms with Gasteiger partial charge in [-0.15, -0.1) is 0 Å². The van der Waals surface area contributed by atoms with Crippen molar-refractivity contribution < 1.29 is 9.50 Å². The molecule has 1 aliphatic carbocycles. The van der Waals surface area contributed by atoms with E-state index in [0.29, 0.717) is 25.0 Å². The summed E-state index contributed by atoms with van der Waals surface area (Å²) in [6.07, 6.45) is 7.67. The fourth-order valence-electron chi connectivity index (χ4n) is 2.96. The van der Waals surface area contributed by atoms with Crippen LogP contribution in [0.3, 0.4) is 0 Å². The quantitative estimate of drug-likeness (QED) is 0.791. The van der Waals surface area contributed by atoms with Crippen LogP contribution in [0.2, 0.25) is 0 Å². The lowest BCUT2D eigenvalue weighted by molar-refractivity contribution is 0.111. The zero-order chi connectivity index (χ0) is 15.5. The minimum Gasteiger partial charge on any atom is -0.393 e. The first-order chi connectivity index (χ1) is 10.7. The molecule has 0 atom stereocenters. The summed E-state index contributed by atoms with van der Waals surface area (Å²) in [4.78, 5) is 8.87. The first kappa shape index (κ1) is 15.7. The highest BCUT2D eigenvalue weighted by molar-refractivity contribution is 9.10. The number of hydrogen-bond acceptors (Lipinski definition) is 4. The van der Waals surface area contributed by atoms with Crippen LogP contribution in [0, 0.1) is 0 Å². The van der Waals surface area contributed by atoms with E-state index in [1.54, 1.807) is 6.20 Å². The summed E-state index contributed by atoms with van der Waals surface area (Å²) in [5, 5.41) is 13.7. The molecule has 1 fully saturated rings. The van der Waals surface area contributed by atoms with Crippen molar-refractivity contribution in [3.63, 3.8) is 0 Å². The Bertz CT molecular complexity index is 640. The molecule has 0 saturated heterocycles. The molecule has 0 aliphatic heterocycles. The van der Waals surface area contributed by atoms with Crippen LogP contribution in [0.15, 0.2) is 16.9 Å². The highest BCUT2D eigenvalue weighted by Crippen LogP contribution is 2.34. The fraction of sp³-hybridized carbons (Fsp3) is 0.600. The molecule has 2 N–H and O–H groups in total. The van der Waals surface area contributed by atoms with E-state index in [0.717, 1.165) is 41.2 Å². The maximum Gasteiger partial charge on any atom is 0.224 e. The summed E-state index contributed by atoms with van der Waals surface area (Å²) in [5.41, 5.74) is 0.881. The first-order valence-electron chi connectivity index (χ1n) is 7.70. The van der Waals surface area contributed by atoms with Gasteiger partial charge in [0.15, 0.2) is 0 Å². The minimum atomic E-state index is -0.346. The summed E-state index contributed by atoms with van der Waals surface area (Å²) >= 11 is 3.56.